The maximum Gasteiger partial charge on any atom is 0.118 e. The van der Waals surface area contributed by atoms with Gasteiger partial charge in [0.1, 0.15) is 5.69 Å². The van der Waals surface area contributed by atoms with Crippen molar-refractivity contribution >= 4 is 16.6 Å². The molecule has 0 saturated heterocycles. The van der Waals surface area contributed by atoms with Gasteiger partial charge in [-0.05, 0) is 24.1 Å². The van der Waals surface area contributed by atoms with Crippen molar-refractivity contribution < 1.29 is 0 Å². The fourth-order valence-corrected chi connectivity index (χ4v) is 2.23. The number of aliphatic imine (C=N–C) groups is 1. The van der Waals surface area contributed by atoms with Gasteiger partial charge in [-0.1, -0.05) is 25.1 Å². The van der Waals surface area contributed by atoms with Crippen LogP contribution in [-0.2, 0) is 13.5 Å². The van der Waals surface area contributed by atoms with E-state index >= 15 is 0 Å². The van der Waals surface area contributed by atoms with Crippen molar-refractivity contribution in [3.05, 3.63) is 41.6 Å². The molecule has 0 amide bonds. The molecule has 0 radical (unpaired) electrons. The van der Waals surface area contributed by atoms with E-state index in [-0.39, 0.29) is 0 Å². The van der Waals surface area contributed by atoms with Gasteiger partial charge in [0.05, 0.1) is 17.8 Å². The summed E-state index contributed by atoms with van der Waals surface area (Å²) < 4.78 is 1.94. The van der Waals surface area contributed by atoms with Crippen molar-refractivity contribution in [2.75, 3.05) is 6.54 Å². The molecule has 2 heterocycles. The van der Waals surface area contributed by atoms with Crippen LogP contribution in [0.2, 0.25) is 0 Å². The van der Waals surface area contributed by atoms with E-state index in [1.165, 1.54) is 16.5 Å². The minimum Gasteiger partial charge on any atom is -0.279 e. The molecule has 0 bridgehead atoms. The lowest BCUT2D eigenvalue weighted by Crippen LogP contribution is -1.97. The first kappa shape index (κ1) is 10.3. The Labute approximate surface area is 100 Å². The van der Waals surface area contributed by atoms with Gasteiger partial charge in [-0.3, -0.25) is 9.67 Å². The third-order valence-corrected chi connectivity index (χ3v) is 3.21. The highest BCUT2D eigenvalue weighted by atomic mass is 15.3. The smallest absolute Gasteiger partial charge is 0.118 e. The van der Waals surface area contributed by atoms with Gasteiger partial charge in [-0.25, -0.2) is 0 Å². The Morgan fingerprint density at radius 3 is 2.94 bits per heavy atom. The van der Waals surface area contributed by atoms with Crippen LogP contribution in [0.1, 0.15) is 18.2 Å². The zero-order valence-electron chi connectivity index (χ0n) is 10.1. The first-order valence-corrected chi connectivity index (χ1v) is 5.96. The van der Waals surface area contributed by atoms with Crippen molar-refractivity contribution in [2.45, 2.75) is 13.3 Å². The Morgan fingerprint density at radius 2 is 2.24 bits per heavy atom. The zero-order valence-corrected chi connectivity index (χ0v) is 10.1. The van der Waals surface area contributed by atoms with Crippen LogP contribution >= 0.6 is 0 Å². The molecule has 0 N–H and O–H groups in total. The molecule has 0 unspecified atom stereocenters. The molecule has 1 aliphatic rings. The molecule has 3 heteroatoms. The zero-order chi connectivity index (χ0) is 11.8. The third kappa shape index (κ3) is 1.58. The quantitative estimate of drug-likeness (QED) is 0.772. The lowest BCUT2D eigenvalue weighted by atomic mass is 10.1. The molecule has 17 heavy (non-hydrogen) atoms. The summed E-state index contributed by atoms with van der Waals surface area (Å²) in [4.78, 5) is 4.44. The second-order valence-corrected chi connectivity index (χ2v) is 4.31. The van der Waals surface area contributed by atoms with Crippen LogP contribution in [0.25, 0.3) is 10.9 Å². The minimum absolute atomic E-state index is 0.778. The van der Waals surface area contributed by atoms with E-state index in [0.29, 0.717) is 0 Å². The minimum atomic E-state index is 0.778. The lowest BCUT2D eigenvalue weighted by molar-refractivity contribution is 0.793. The van der Waals surface area contributed by atoms with Crippen molar-refractivity contribution in [1.82, 2.24) is 9.78 Å². The Hall–Kier alpha value is -1.90. The van der Waals surface area contributed by atoms with Gasteiger partial charge >= 0.3 is 0 Å². The normalized spacial score (nSPS) is 14.6. The average Bonchev–Trinajstić information content (AvgIpc) is 2.97. The van der Waals surface area contributed by atoms with Gasteiger partial charge < -0.3 is 0 Å². The van der Waals surface area contributed by atoms with Gasteiger partial charge in [0.2, 0.25) is 0 Å². The Morgan fingerprint density at radius 1 is 1.35 bits per heavy atom. The number of allylic oxidation sites excluding steroid dienone is 1. The summed E-state index contributed by atoms with van der Waals surface area (Å²) in [5.41, 5.74) is 4.53. The number of benzene rings is 1. The largest absolute Gasteiger partial charge is 0.279 e. The highest BCUT2D eigenvalue weighted by molar-refractivity contribution is 6.15. The maximum atomic E-state index is 4.58. The molecule has 0 fully saturated rings. The first-order chi connectivity index (χ1) is 8.29. The lowest BCUT2D eigenvalue weighted by Gasteiger charge is -1.98. The van der Waals surface area contributed by atoms with E-state index in [1.807, 2.05) is 11.7 Å². The van der Waals surface area contributed by atoms with Gasteiger partial charge in [0.25, 0.3) is 0 Å². The van der Waals surface area contributed by atoms with Gasteiger partial charge in [-0.2, -0.15) is 5.10 Å². The predicted octanol–water partition coefficient (Wildman–Crippen LogP) is 2.49. The number of rotatable bonds is 2. The molecule has 1 aliphatic heterocycles. The number of hydrogen-bond donors (Lipinski definition) is 0. The van der Waals surface area contributed by atoms with E-state index in [2.05, 4.69) is 47.4 Å². The molecule has 0 aliphatic carbocycles. The number of fused-ring (bicyclic) bond motifs is 1. The average molecular weight is 225 g/mol. The second-order valence-electron chi connectivity index (χ2n) is 4.31. The van der Waals surface area contributed by atoms with E-state index in [0.717, 1.165) is 24.4 Å². The number of aryl methyl sites for hydroxylation is 2. The van der Waals surface area contributed by atoms with Crippen molar-refractivity contribution in [2.24, 2.45) is 12.0 Å². The fraction of sp³-hybridized carbons (Fsp3) is 0.286. The van der Waals surface area contributed by atoms with Gasteiger partial charge in [0.15, 0.2) is 0 Å². The van der Waals surface area contributed by atoms with Crippen LogP contribution in [0.5, 0.6) is 0 Å². The Kier molecular flexibility index (Phi) is 2.32. The highest BCUT2D eigenvalue weighted by Gasteiger charge is 2.13. The van der Waals surface area contributed by atoms with Crippen LogP contribution in [-0.4, -0.2) is 22.0 Å². The predicted molar refractivity (Wildman–Crippen MR) is 70.6 cm³/mol. The second kappa shape index (κ2) is 3.84. The monoisotopic (exact) mass is 225 g/mol. The molecule has 0 saturated carbocycles. The fourth-order valence-electron chi connectivity index (χ4n) is 2.23. The summed E-state index contributed by atoms with van der Waals surface area (Å²) >= 11 is 0. The summed E-state index contributed by atoms with van der Waals surface area (Å²) in [6, 6.07) is 6.54. The van der Waals surface area contributed by atoms with E-state index < -0.39 is 0 Å². The van der Waals surface area contributed by atoms with E-state index in [4.69, 9.17) is 0 Å². The van der Waals surface area contributed by atoms with Crippen molar-refractivity contribution in [3.63, 3.8) is 0 Å². The van der Waals surface area contributed by atoms with Gasteiger partial charge in [-0.15, -0.1) is 0 Å². The van der Waals surface area contributed by atoms with Crippen LogP contribution < -0.4 is 0 Å². The number of aromatic nitrogens is 2. The third-order valence-electron chi connectivity index (χ3n) is 3.21. The molecule has 86 valence electrons. The van der Waals surface area contributed by atoms with Gasteiger partial charge in [0, 0.05) is 12.4 Å². The molecule has 0 spiro atoms. The van der Waals surface area contributed by atoms with Crippen LogP contribution in [0.3, 0.4) is 0 Å². The van der Waals surface area contributed by atoms with E-state index in [1.54, 1.807) is 0 Å². The topological polar surface area (TPSA) is 30.2 Å². The molecule has 3 nitrogen and oxygen atoms in total. The molecular weight excluding hydrogens is 210 g/mol. The molecule has 0 atom stereocenters. The summed E-state index contributed by atoms with van der Waals surface area (Å²) in [7, 11) is 1.99. The standard InChI is InChI=1S/C14H15N3/c1-3-10-6-7-11-13(9-10)17(2)16-14(11)12-5-4-8-15-12/h4-7,9H,3,8H2,1-2H3. The van der Waals surface area contributed by atoms with E-state index in [9.17, 15) is 0 Å². The van der Waals surface area contributed by atoms with Crippen molar-refractivity contribution in [1.29, 1.82) is 0 Å². The molecule has 2 aromatic rings. The van der Waals surface area contributed by atoms with Crippen LogP contribution in [0.4, 0.5) is 0 Å². The molecule has 1 aromatic heterocycles. The molecule has 1 aromatic carbocycles. The SMILES string of the molecule is CCc1ccc2c(C3=NCC=C3)nn(C)c2c1. The summed E-state index contributed by atoms with van der Waals surface area (Å²) in [6.45, 7) is 2.95. The summed E-state index contributed by atoms with van der Waals surface area (Å²) in [5.74, 6) is 0. The molecular formula is C14H15N3. The number of nitrogens with zero attached hydrogens (tertiary/aromatic N) is 3. The Bertz CT molecular complexity index is 632. The maximum absolute atomic E-state index is 4.58. The van der Waals surface area contributed by atoms with Crippen LogP contribution in [0.15, 0.2) is 35.3 Å². The molecule has 3 rings (SSSR count). The Balaban J connectivity index is 2.24. The summed E-state index contributed by atoms with van der Waals surface area (Å²) in [5, 5.41) is 5.77. The summed E-state index contributed by atoms with van der Waals surface area (Å²) in [6.07, 6.45) is 5.17. The number of hydrogen-bond acceptors (Lipinski definition) is 2. The first-order valence-electron chi connectivity index (χ1n) is 5.96. The van der Waals surface area contributed by atoms with Crippen molar-refractivity contribution in [3.8, 4) is 0 Å². The van der Waals surface area contributed by atoms with Crippen LogP contribution in [0, 0.1) is 0 Å². The highest BCUT2D eigenvalue weighted by Crippen LogP contribution is 2.21.